The van der Waals surface area contributed by atoms with E-state index in [0.29, 0.717) is 6.42 Å². The van der Waals surface area contributed by atoms with Gasteiger partial charge < -0.3 is 15.3 Å². The molecule has 0 spiro atoms. The summed E-state index contributed by atoms with van der Waals surface area (Å²) in [6.45, 7) is 6.76. The van der Waals surface area contributed by atoms with Gasteiger partial charge >= 0.3 is 17.9 Å². The summed E-state index contributed by atoms with van der Waals surface area (Å²) in [4.78, 5) is 35.5. The molecular formula is C33H62NO6+. The molecular weight excluding hydrogens is 506 g/mol. The summed E-state index contributed by atoms with van der Waals surface area (Å²) in [6.07, 6.45) is 29.2. The Labute approximate surface area is 245 Å². The lowest BCUT2D eigenvalue weighted by atomic mass is 9.99. The van der Waals surface area contributed by atoms with Crippen LogP contribution in [0.5, 0.6) is 0 Å². The van der Waals surface area contributed by atoms with Gasteiger partial charge in [0.1, 0.15) is 0 Å². The minimum atomic E-state index is -1.17. The lowest BCUT2D eigenvalue weighted by Gasteiger charge is -2.47. The Kier molecular flexibility index (Phi) is 22.7. The third-order valence-corrected chi connectivity index (χ3v) is 8.79. The average molecular weight is 569 g/mol. The molecule has 0 saturated heterocycles. The Morgan fingerprint density at radius 1 is 0.500 bits per heavy atom. The molecule has 0 bridgehead atoms. The van der Waals surface area contributed by atoms with Gasteiger partial charge in [-0.3, -0.25) is 4.48 Å². The summed E-state index contributed by atoms with van der Waals surface area (Å²) in [5, 5.41) is 29.0. The topological polar surface area (TPSA) is 112 Å². The highest BCUT2D eigenvalue weighted by Crippen LogP contribution is 2.27. The molecule has 0 radical (unpaired) electrons. The molecule has 0 aliphatic carbocycles. The van der Waals surface area contributed by atoms with Gasteiger partial charge in [0.05, 0.1) is 6.54 Å². The maximum atomic E-state index is 11.8. The van der Waals surface area contributed by atoms with Gasteiger partial charge in [0, 0.05) is 0 Å². The number of hydrogen-bond donors (Lipinski definition) is 3. The molecule has 0 amide bonds. The number of quaternary nitrogens is 1. The predicted octanol–water partition coefficient (Wildman–Crippen LogP) is 8.60. The molecule has 3 unspecified atom stereocenters. The summed E-state index contributed by atoms with van der Waals surface area (Å²) in [7, 11) is 0. The summed E-state index contributed by atoms with van der Waals surface area (Å²) in [6, 6.07) is -3.36. The van der Waals surface area contributed by atoms with E-state index in [1.165, 1.54) is 124 Å². The van der Waals surface area contributed by atoms with Crippen LogP contribution in [0.1, 0.15) is 156 Å². The van der Waals surface area contributed by atoms with Crippen molar-refractivity contribution in [3.05, 3.63) is 12.2 Å². The second kappa shape index (κ2) is 23.8. The molecule has 40 heavy (non-hydrogen) atoms. The van der Waals surface area contributed by atoms with E-state index in [2.05, 4.69) is 19.1 Å². The van der Waals surface area contributed by atoms with Gasteiger partial charge in [0.25, 0.3) is 0 Å². The molecule has 0 fully saturated rings. The van der Waals surface area contributed by atoms with Crippen molar-refractivity contribution in [1.82, 2.24) is 0 Å². The van der Waals surface area contributed by atoms with E-state index in [-0.39, 0.29) is 6.54 Å². The zero-order valence-electron chi connectivity index (χ0n) is 26.2. The van der Waals surface area contributed by atoms with Crippen molar-refractivity contribution in [2.45, 2.75) is 174 Å². The van der Waals surface area contributed by atoms with Gasteiger partial charge in [-0.2, -0.15) is 0 Å². The molecule has 0 aromatic heterocycles. The summed E-state index contributed by atoms with van der Waals surface area (Å²) < 4.78 is -0.476. The van der Waals surface area contributed by atoms with Crippen LogP contribution in [0.25, 0.3) is 0 Å². The highest BCUT2D eigenvalue weighted by atomic mass is 16.4. The molecule has 0 rings (SSSR count). The highest BCUT2D eigenvalue weighted by molar-refractivity contribution is 5.77. The van der Waals surface area contributed by atoms with Crippen molar-refractivity contribution in [3.63, 3.8) is 0 Å². The van der Waals surface area contributed by atoms with E-state index in [4.69, 9.17) is 0 Å². The van der Waals surface area contributed by atoms with Crippen molar-refractivity contribution in [3.8, 4) is 0 Å². The summed E-state index contributed by atoms with van der Waals surface area (Å²) >= 11 is 0. The zero-order valence-corrected chi connectivity index (χ0v) is 26.2. The van der Waals surface area contributed by atoms with E-state index >= 15 is 0 Å². The van der Waals surface area contributed by atoms with Crippen LogP contribution in [0.4, 0.5) is 0 Å². The molecule has 0 saturated carbocycles. The molecule has 0 aliphatic rings. The van der Waals surface area contributed by atoms with Crippen LogP contribution >= 0.6 is 0 Å². The monoisotopic (exact) mass is 568 g/mol. The quantitative estimate of drug-likeness (QED) is 0.0495. The largest absolute Gasteiger partial charge is 0.477 e. The Bertz CT molecular complexity index is 657. The highest BCUT2D eigenvalue weighted by Gasteiger charge is 2.52. The third-order valence-electron chi connectivity index (χ3n) is 8.79. The summed E-state index contributed by atoms with van der Waals surface area (Å²) in [5.74, 6) is -3.51. The van der Waals surface area contributed by atoms with Crippen LogP contribution in [-0.4, -0.2) is 62.4 Å². The first-order chi connectivity index (χ1) is 19.1. The van der Waals surface area contributed by atoms with Crippen molar-refractivity contribution >= 4 is 17.9 Å². The molecule has 0 aromatic rings. The number of carboxylic acid groups (broad SMARTS) is 3. The smallest absolute Gasteiger partial charge is 0.362 e. The van der Waals surface area contributed by atoms with Gasteiger partial charge in [0.15, 0.2) is 18.1 Å². The van der Waals surface area contributed by atoms with Gasteiger partial charge in [-0.1, -0.05) is 109 Å². The molecule has 0 heterocycles. The predicted molar refractivity (Wildman–Crippen MR) is 164 cm³/mol. The first-order valence-electron chi connectivity index (χ1n) is 16.3. The van der Waals surface area contributed by atoms with Crippen molar-refractivity contribution < 1.29 is 34.2 Å². The Balaban J connectivity index is 3.97. The number of hydrogen-bond acceptors (Lipinski definition) is 3. The molecule has 7 nitrogen and oxygen atoms in total. The molecule has 3 atom stereocenters. The third kappa shape index (κ3) is 15.8. The average Bonchev–Trinajstić information content (AvgIpc) is 2.92. The van der Waals surface area contributed by atoms with E-state index in [1.54, 1.807) is 0 Å². The molecule has 0 aliphatic heterocycles. The van der Waals surface area contributed by atoms with E-state index < -0.39 is 40.5 Å². The lowest BCUT2D eigenvalue weighted by Crippen LogP contribution is -2.70. The minimum absolute atomic E-state index is 0.226. The van der Waals surface area contributed by atoms with E-state index in [0.717, 1.165) is 19.3 Å². The van der Waals surface area contributed by atoms with E-state index in [9.17, 15) is 29.7 Å². The SMILES string of the molecule is CCCCCC/C=C/CCCCCCCCCCCCCCCC[N+](C(C)C(=O)O)(C(C)C(=O)O)C(C)C(=O)O. The molecule has 0 aromatic carbocycles. The van der Waals surface area contributed by atoms with Crippen LogP contribution in [-0.2, 0) is 14.4 Å². The second-order valence-electron chi connectivity index (χ2n) is 11.8. The Morgan fingerprint density at radius 3 is 1.07 bits per heavy atom. The van der Waals surface area contributed by atoms with Crippen LogP contribution in [0.2, 0.25) is 0 Å². The first kappa shape index (κ1) is 38.1. The maximum Gasteiger partial charge on any atom is 0.362 e. The standard InChI is InChI=1S/C33H61NO6/c1-5-6-7-8-9-10-11-12-13-14-15-16-17-18-19-20-21-22-23-24-25-26-27-34(28(2)31(35)36,29(3)32(37)38)30(4)33(39)40/h10-11,28-30H,5-9,12-27H2,1-4H3,(H2-,35,36,37,38,39,40)/p+1/b11-10+. The number of aliphatic carboxylic acids is 3. The first-order valence-corrected chi connectivity index (χ1v) is 16.3. The number of carboxylic acids is 3. The van der Waals surface area contributed by atoms with Gasteiger partial charge in [-0.15, -0.1) is 0 Å². The maximum absolute atomic E-state index is 11.8. The van der Waals surface area contributed by atoms with E-state index in [1.807, 2.05) is 0 Å². The fourth-order valence-electron chi connectivity index (χ4n) is 5.90. The number of rotatable bonds is 28. The lowest BCUT2D eigenvalue weighted by molar-refractivity contribution is -0.968. The van der Waals surface area contributed by atoms with Crippen molar-refractivity contribution in [1.29, 1.82) is 0 Å². The Morgan fingerprint density at radius 2 is 0.775 bits per heavy atom. The number of unbranched alkanes of at least 4 members (excludes halogenated alkanes) is 18. The molecule has 234 valence electrons. The second-order valence-corrected chi connectivity index (χ2v) is 11.8. The van der Waals surface area contributed by atoms with Gasteiger partial charge in [0.2, 0.25) is 0 Å². The minimum Gasteiger partial charge on any atom is -0.477 e. The molecule has 7 heteroatoms. The van der Waals surface area contributed by atoms with Crippen molar-refractivity contribution in [2.24, 2.45) is 0 Å². The number of allylic oxidation sites excluding steroid dienone is 2. The fourth-order valence-corrected chi connectivity index (χ4v) is 5.90. The molecule has 3 N–H and O–H groups in total. The normalized spacial score (nSPS) is 15.5. The number of carbonyl (C=O) groups is 3. The summed E-state index contributed by atoms with van der Waals surface area (Å²) in [5.41, 5.74) is 0. The fraction of sp³-hybridized carbons (Fsp3) is 0.848. The van der Waals surface area contributed by atoms with Crippen LogP contribution < -0.4 is 0 Å². The van der Waals surface area contributed by atoms with Crippen LogP contribution in [0.15, 0.2) is 12.2 Å². The van der Waals surface area contributed by atoms with Crippen molar-refractivity contribution in [2.75, 3.05) is 6.54 Å². The number of nitrogens with zero attached hydrogens (tertiary/aromatic N) is 1. The van der Waals surface area contributed by atoms with Gasteiger partial charge in [-0.05, 0) is 59.3 Å². The zero-order chi connectivity index (χ0) is 30.2. The van der Waals surface area contributed by atoms with Crippen LogP contribution in [0.3, 0.4) is 0 Å². The Hall–Kier alpha value is -1.89. The van der Waals surface area contributed by atoms with Gasteiger partial charge in [-0.25, -0.2) is 14.4 Å². The van der Waals surface area contributed by atoms with Crippen LogP contribution in [0, 0.1) is 0 Å².